The van der Waals surface area contributed by atoms with Gasteiger partial charge in [0.15, 0.2) is 0 Å². The van der Waals surface area contributed by atoms with Gasteiger partial charge in [0.05, 0.1) is 17.9 Å². The lowest BCUT2D eigenvalue weighted by Crippen LogP contribution is -2.58. The standard InChI is InChI=1S/C21H35NO3/c1-12(23)16-6-7-17-15-5-4-13-10-14(24)8-9-20(13,2)19(15)18(22-25)11-21(16,17)3/h12-17,19,23-25H,4-11H2,1-3H3/b22-18+/t12?,13-,14-,15-,16+,17-,19+,20-,21+/m0/s1. The van der Waals surface area contributed by atoms with Crippen molar-refractivity contribution in [3.05, 3.63) is 0 Å². The molecule has 4 rings (SSSR count). The maximum atomic E-state index is 10.3. The van der Waals surface area contributed by atoms with Crippen LogP contribution in [-0.4, -0.2) is 33.3 Å². The van der Waals surface area contributed by atoms with Crippen molar-refractivity contribution < 1.29 is 15.4 Å². The molecule has 0 heterocycles. The predicted molar refractivity (Wildman–Crippen MR) is 97.5 cm³/mol. The number of rotatable bonds is 1. The molecular formula is C21H35NO3. The number of aliphatic hydroxyl groups is 2. The molecule has 0 saturated heterocycles. The molecule has 0 aromatic heterocycles. The van der Waals surface area contributed by atoms with Crippen molar-refractivity contribution in [3.8, 4) is 0 Å². The first kappa shape index (κ1) is 17.8. The molecule has 4 heteroatoms. The average Bonchev–Trinajstić information content (AvgIpc) is 2.91. The van der Waals surface area contributed by atoms with E-state index in [2.05, 4.69) is 19.0 Å². The molecule has 4 saturated carbocycles. The van der Waals surface area contributed by atoms with Crippen LogP contribution in [0.5, 0.6) is 0 Å². The highest BCUT2D eigenvalue weighted by molar-refractivity contribution is 5.89. The third-order valence-electron chi connectivity index (χ3n) is 9.12. The fraction of sp³-hybridized carbons (Fsp3) is 0.952. The minimum absolute atomic E-state index is 0.0638. The van der Waals surface area contributed by atoms with Crippen molar-refractivity contribution in [2.45, 2.75) is 84.3 Å². The minimum Gasteiger partial charge on any atom is -0.411 e. The molecule has 9 atom stereocenters. The summed E-state index contributed by atoms with van der Waals surface area (Å²) in [5.74, 6) is 2.42. The van der Waals surface area contributed by atoms with Crippen molar-refractivity contribution in [1.29, 1.82) is 0 Å². The summed E-state index contributed by atoms with van der Waals surface area (Å²) in [6, 6.07) is 0. The summed E-state index contributed by atoms with van der Waals surface area (Å²) in [5, 5.41) is 34.3. The Balaban J connectivity index is 1.71. The zero-order valence-electron chi connectivity index (χ0n) is 16.0. The van der Waals surface area contributed by atoms with E-state index in [9.17, 15) is 15.4 Å². The molecule has 0 spiro atoms. The van der Waals surface area contributed by atoms with Gasteiger partial charge in [-0.05, 0) is 92.8 Å². The van der Waals surface area contributed by atoms with Crippen LogP contribution in [0, 0.1) is 40.4 Å². The van der Waals surface area contributed by atoms with E-state index < -0.39 is 0 Å². The summed E-state index contributed by atoms with van der Waals surface area (Å²) in [5.41, 5.74) is 1.21. The molecule has 0 aliphatic heterocycles. The number of fused-ring (bicyclic) bond motifs is 5. The lowest BCUT2D eigenvalue weighted by atomic mass is 9.44. The zero-order chi connectivity index (χ0) is 18.0. The van der Waals surface area contributed by atoms with E-state index in [1.165, 1.54) is 19.3 Å². The number of hydrogen-bond acceptors (Lipinski definition) is 4. The highest BCUT2D eigenvalue weighted by atomic mass is 16.4. The van der Waals surface area contributed by atoms with E-state index >= 15 is 0 Å². The van der Waals surface area contributed by atoms with Gasteiger partial charge in [-0.25, -0.2) is 0 Å². The first-order valence-corrected chi connectivity index (χ1v) is 10.4. The predicted octanol–water partition coefficient (Wildman–Crippen LogP) is 3.83. The van der Waals surface area contributed by atoms with Crippen molar-refractivity contribution in [2.75, 3.05) is 0 Å². The van der Waals surface area contributed by atoms with E-state index in [1.807, 2.05) is 6.92 Å². The van der Waals surface area contributed by atoms with Crippen LogP contribution < -0.4 is 0 Å². The van der Waals surface area contributed by atoms with Crippen LogP contribution in [0.2, 0.25) is 0 Å². The second-order valence-electron chi connectivity index (χ2n) is 10.2. The van der Waals surface area contributed by atoms with Gasteiger partial charge in [-0.1, -0.05) is 19.0 Å². The van der Waals surface area contributed by atoms with Gasteiger partial charge in [0.1, 0.15) is 0 Å². The van der Waals surface area contributed by atoms with Gasteiger partial charge < -0.3 is 15.4 Å². The van der Waals surface area contributed by atoms with Gasteiger partial charge in [0.2, 0.25) is 0 Å². The minimum atomic E-state index is -0.289. The molecule has 1 unspecified atom stereocenters. The highest BCUT2D eigenvalue weighted by Gasteiger charge is 2.63. The Morgan fingerprint density at radius 2 is 1.84 bits per heavy atom. The smallest absolute Gasteiger partial charge is 0.0615 e. The fourth-order valence-corrected chi connectivity index (χ4v) is 8.01. The molecule has 25 heavy (non-hydrogen) atoms. The Morgan fingerprint density at radius 1 is 1.08 bits per heavy atom. The van der Waals surface area contributed by atoms with Crippen LogP contribution in [0.15, 0.2) is 5.16 Å². The van der Waals surface area contributed by atoms with Gasteiger partial charge in [0, 0.05) is 5.92 Å². The van der Waals surface area contributed by atoms with Gasteiger partial charge >= 0.3 is 0 Å². The van der Waals surface area contributed by atoms with E-state index in [4.69, 9.17) is 0 Å². The second kappa shape index (κ2) is 5.95. The van der Waals surface area contributed by atoms with Crippen LogP contribution in [0.3, 0.4) is 0 Å². The van der Waals surface area contributed by atoms with Crippen molar-refractivity contribution in [1.82, 2.24) is 0 Å². The van der Waals surface area contributed by atoms with Crippen molar-refractivity contribution in [2.24, 2.45) is 45.6 Å². The highest BCUT2D eigenvalue weighted by Crippen LogP contribution is 2.66. The first-order chi connectivity index (χ1) is 11.8. The van der Waals surface area contributed by atoms with Crippen LogP contribution in [0.4, 0.5) is 0 Å². The van der Waals surface area contributed by atoms with E-state index in [-0.39, 0.29) is 23.0 Å². The van der Waals surface area contributed by atoms with Crippen LogP contribution >= 0.6 is 0 Å². The Hall–Kier alpha value is -0.610. The normalized spacial score (nSPS) is 55.3. The van der Waals surface area contributed by atoms with Gasteiger partial charge in [-0.15, -0.1) is 0 Å². The Bertz CT molecular complexity index is 561. The summed E-state index contributed by atoms with van der Waals surface area (Å²) in [7, 11) is 0. The summed E-state index contributed by atoms with van der Waals surface area (Å²) in [6.45, 7) is 6.67. The number of aliphatic hydroxyl groups excluding tert-OH is 2. The largest absolute Gasteiger partial charge is 0.411 e. The SMILES string of the molecule is CC(O)[C@H]1CC[C@H]2[C@@H]3CC[C@H]4C[C@@H](O)CC[C@]4(C)[C@H]3/C(=N/O)C[C@]12C. The average molecular weight is 350 g/mol. The summed E-state index contributed by atoms with van der Waals surface area (Å²) in [6.07, 6.45) is 7.91. The molecule has 0 aromatic carbocycles. The molecule has 0 aromatic rings. The van der Waals surface area contributed by atoms with Crippen molar-refractivity contribution in [3.63, 3.8) is 0 Å². The van der Waals surface area contributed by atoms with E-state index in [1.54, 1.807) is 0 Å². The number of nitrogens with zero attached hydrogens (tertiary/aromatic N) is 1. The maximum absolute atomic E-state index is 10.3. The third kappa shape index (κ3) is 2.43. The molecular weight excluding hydrogens is 314 g/mol. The monoisotopic (exact) mass is 349 g/mol. The van der Waals surface area contributed by atoms with Crippen LogP contribution in [0.25, 0.3) is 0 Å². The molecule has 0 amide bonds. The molecule has 4 aliphatic carbocycles. The van der Waals surface area contributed by atoms with Crippen LogP contribution in [0.1, 0.15) is 72.1 Å². The number of oxime groups is 1. The second-order valence-corrected chi connectivity index (χ2v) is 10.2. The summed E-state index contributed by atoms with van der Waals surface area (Å²) < 4.78 is 0. The molecule has 4 aliphatic rings. The molecule has 142 valence electrons. The van der Waals surface area contributed by atoms with Crippen molar-refractivity contribution >= 4 is 5.71 Å². The molecule has 0 bridgehead atoms. The van der Waals surface area contributed by atoms with E-state index in [0.29, 0.717) is 29.6 Å². The topological polar surface area (TPSA) is 73.0 Å². The Morgan fingerprint density at radius 3 is 2.52 bits per heavy atom. The summed E-state index contributed by atoms with van der Waals surface area (Å²) >= 11 is 0. The lowest BCUT2D eigenvalue weighted by molar-refractivity contribution is -0.0897. The Labute approximate surface area is 151 Å². The molecule has 4 nitrogen and oxygen atoms in total. The van der Waals surface area contributed by atoms with Crippen LogP contribution in [-0.2, 0) is 0 Å². The lowest BCUT2D eigenvalue weighted by Gasteiger charge is -2.60. The third-order valence-corrected chi connectivity index (χ3v) is 9.12. The molecule has 3 N–H and O–H groups in total. The van der Waals surface area contributed by atoms with Gasteiger partial charge in [0.25, 0.3) is 0 Å². The quantitative estimate of drug-likeness (QED) is 0.497. The Kier molecular flexibility index (Phi) is 4.23. The first-order valence-electron chi connectivity index (χ1n) is 10.4. The fourth-order valence-electron chi connectivity index (χ4n) is 8.01. The maximum Gasteiger partial charge on any atom is 0.0615 e. The molecule has 4 fully saturated rings. The summed E-state index contributed by atoms with van der Waals surface area (Å²) in [4.78, 5) is 0. The molecule has 0 radical (unpaired) electrons. The zero-order valence-corrected chi connectivity index (χ0v) is 16.0. The van der Waals surface area contributed by atoms with E-state index in [0.717, 1.165) is 37.8 Å². The van der Waals surface area contributed by atoms with Gasteiger partial charge in [-0.3, -0.25) is 0 Å². The number of hydrogen-bond donors (Lipinski definition) is 3. The van der Waals surface area contributed by atoms with Gasteiger partial charge in [-0.2, -0.15) is 0 Å².